The third kappa shape index (κ3) is 1.70. The summed E-state index contributed by atoms with van der Waals surface area (Å²) in [5.74, 6) is 0.964. The zero-order valence-electron chi connectivity index (χ0n) is 7.85. The number of hydrogen-bond donors (Lipinski definition) is 1. The number of benzene rings is 1. The van der Waals surface area contributed by atoms with Crippen LogP contribution in [0.3, 0.4) is 0 Å². The summed E-state index contributed by atoms with van der Waals surface area (Å²) in [5.41, 5.74) is 2.37. The highest BCUT2D eigenvalue weighted by molar-refractivity contribution is 5.60. The van der Waals surface area contributed by atoms with Crippen molar-refractivity contribution >= 4 is 5.69 Å². The van der Waals surface area contributed by atoms with Crippen LogP contribution in [0.2, 0.25) is 0 Å². The molecule has 0 bridgehead atoms. The molecule has 0 radical (unpaired) electrons. The van der Waals surface area contributed by atoms with Crippen molar-refractivity contribution < 1.29 is 4.74 Å². The third-order valence-corrected chi connectivity index (χ3v) is 1.63. The first-order chi connectivity index (χ1) is 5.86. The number of rotatable bonds is 0. The lowest BCUT2D eigenvalue weighted by molar-refractivity contribution is 0.372. The molecule has 1 aromatic rings. The topological polar surface area (TPSA) is 21.3 Å². The van der Waals surface area contributed by atoms with Gasteiger partial charge in [0.25, 0.3) is 0 Å². The zero-order valence-corrected chi connectivity index (χ0v) is 7.85. The molecule has 0 saturated heterocycles. The van der Waals surface area contributed by atoms with Gasteiger partial charge < -0.3 is 10.1 Å². The number of fused-ring (bicyclic) bond motifs is 1. The van der Waals surface area contributed by atoms with Gasteiger partial charge >= 0.3 is 0 Å². The summed E-state index contributed by atoms with van der Waals surface area (Å²) < 4.78 is 5.24. The first-order valence-electron chi connectivity index (χ1n) is 4.33. The monoisotopic (exact) mass is 165 g/mol. The molecule has 0 aromatic heterocycles. The highest BCUT2D eigenvalue weighted by Gasteiger charge is 2.08. The van der Waals surface area contributed by atoms with Crippen molar-refractivity contribution in [3.63, 3.8) is 0 Å². The number of aryl methyl sites for hydroxylation is 1. The number of hydrogen-bond acceptors (Lipinski definition) is 2. The molecule has 0 fully saturated rings. The summed E-state index contributed by atoms with van der Waals surface area (Å²) in [6, 6.07) is 6.12. The molecule has 0 amide bonds. The lowest BCUT2D eigenvalue weighted by Gasteiger charge is -1.96. The summed E-state index contributed by atoms with van der Waals surface area (Å²) in [7, 11) is 0. The normalized spacial score (nSPS) is 11.9. The van der Waals surface area contributed by atoms with Gasteiger partial charge in [-0.05, 0) is 24.6 Å². The molecule has 1 N–H and O–H groups in total. The molecule has 2 nitrogen and oxygen atoms in total. The van der Waals surface area contributed by atoms with E-state index in [2.05, 4.69) is 18.3 Å². The van der Waals surface area contributed by atoms with E-state index < -0.39 is 0 Å². The first kappa shape index (κ1) is 8.91. The summed E-state index contributed by atoms with van der Waals surface area (Å²) in [5, 5.41) is 3.12. The highest BCUT2D eigenvalue weighted by atomic mass is 16.5. The highest BCUT2D eigenvalue weighted by Crippen LogP contribution is 2.28. The smallest absolute Gasteiger partial charge is 0.159 e. The van der Waals surface area contributed by atoms with E-state index in [1.54, 1.807) is 0 Å². The lowest BCUT2D eigenvalue weighted by Crippen LogP contribution is -1.96. The Balaban J connectivity index is 0.000000336. The molecule has 2 heteroatoms. The molecule has 0 atom stereocenters. The van der Waals surface area contributed by atoms with Crippen LogP contribution in [0.4, 0.5) is 5.69 Å². The Morgan fingerprint density at radius 1 is 1.33 bits per heavy atom. The largest absolute Gasteiger partial charge is 0.471 e. The second-order valence-corrected chi connectivity index (χ2v) is 2.47. The van der Waals surface area contributed by atoms with Crippen molar-refractivity contribution in [1.82, 2.24) is 0 Å². The Kier molecular flexibility index (Phi) is 2.97. The van der Waals surface area contributed by atoms with Crippen molar-refractivity contribution in [3.05, 3.63) is 23.8 Å². The fraction of sp³-hybridized carbons (Fsp3) is 0.400. The molecular formula is C10H15NO. The van der Waals surface area contributed by atoms with Gasteiger partial charge in [-0.1, -0.05) is 19.9 Å². The molecule has 0 unspecified atom stereocenters. The van der Waals surface area contributed by atoms with Crippen molar-refractivity contribution in [2.24, 2.45) is 0 Å². The number of anilines is 1. The third-order valence-electron chi connectivity index (χ3n) is 1.63. The Hall–Kier alpha value is -1.18. The van der Waals surface area contributed by atoms with Crippen LogP contribution in [-0.2, 0) is 0 Å². The van der Waals surface area contributed by atoms with E-state index in [-0.39, 0.29) is 0 Å². The Morgan fingerprint density at radius 2 is 2.08 bits per heavy atom. The Bertz CT molecular complexity index is 258. The van der Waals surface area contributed by atoms with E-state index in [9.17, 15) is 0 Å². The molecular weight excluding hydrogens is 150 g/mol. The van der Waals surface area contributed by atoms with Gasteiger partial charge in [-0.3, -0.25) is 0 Å². The zero-order chi connectivity index (χ0) is 8.97. The Morgan fingerprint density at radius 3 is 2.83 bits per heavy atom. The predicted octanol–water partition coefficient (Wildman–Crippen LogP) is 2.78. The summed E-state index contributed by atoms with van der Waals surface area (Å²) >= 11 is 0. The van der Waals surface area contributed by atoms with E-state index in [1.807, 2.05) is 26.0 Å². The van der Waals surface area contributed by atoms with Crippen LogP contribution >= 0.6 is 0 Å². The maximum absolute atomic E-state index is 5.24. The fourth-order valence-corrected chi connectivity index (χ4v) is 1.10. The van der Waals surface area contributed by atoms with Crippen LogP contribution in [0.1, 0.15) is 19.4 Å². The molecule has 1 aliphatic rings. The van der Waals surface area contributed by atoms with Crippen molar-refractivity contribution in [2.75, 3.05) is 12.0 Å². The summed E-state index contributed by atoms with van der Waals surface area (Å²) in [6.45, 7) is 6.68. The van der Waals surface area contributed by atoms with Crippen LogP contribution < -0.4 is 10.1 Å². The van der Waals surface area contributed by atoms with Gasteiger partial charge in [0.1, 0.15) is 5.75 Å². The van der Waals surface area contributed by atoms with Crippen molar-refractivity contribution in [1.29, 1.82) is 0 Å². The van der Waals surface area contributed by atoms with Crippen molar-refractivity contribution in [3.8, 4) is 5.75 Å². The molecule has 12 heavy (non-hydrogen) atoms. The minimum atomic E-state index is 0.610. The van der Waals surface area contributed by atoms with Crippen LogP contribution in [0.25, 0.3) is 0 Å². The standard InChI is InChI=1S/C8H9NO.C2H6/c1-6-2-3-8-7(4-6)9-5-10-8;1-2/h2-4,9H,5H2,1H3;1-2H3. The molecule has 0 spiro atoms. The summed E-state index contributed by atoms with van der Waals surface area (Å²) in [6.07, 6.45) is 0. The van der Waals surface area contributed by atoms with Gasteiger partial charge in [-0.2, -0.15) is 0 Å². The lowest BCUT2D eigenvalue weighted by atomic mass is 10.2. The van der Waals surface area contributed by atoms with Crippen LogP contribution in [-0.4, -0.2) is 6.73 Å². The van der Waals surface area contributed by atoms with E-state index in [4.69, 9.17) is 4.74 Å². The maximum atomic E-state index is 5.24. The van der Waals surface area contributed by atoms with Crippen LogP contribution in [0.15, 0.2) is 18.2 Å². The van der Waals surface area contributed by atoms with Crippen LogP contribution in [0.5, 0.6) is 5.75 Å². The minimum absolute atomic E-state index is 0.610. The second kappa shape index (κ2) is 4.00. The minimum Gasteiger partial charge on any atom is -0.471 e. The summed E-state index contributed by atoms with van der Waals surface area (Å²) in [4.78, 5) is 0. The average Bonchev–Trinajstić information content (AvgIpc) is 2.54. The van der Waals surface area contributed by atoms with Gasteiger partial charge in [-0.15, -0.1) is 0 Å². The molecule has 0 saturated carbocycles. The molecule has 1 heterocycles. The first-order valence-corrected chi connectivity index (χ1v) is 4.33. The maximum Gasteiger partial charge on any atom is 0.159 e. The van der Waals surface area contributed by atoms with E-state index in [0.29, 0.717) is 6.73 Å². The predicted molar refractivity (Wildman–Crippen MR) is 51.6 cm³/mol. The van der Waals surface area contributed by atoms with E-state index in [1.165, 1.54) is 5.56 Å². The van der Waals surface area contributed by atoms with E-state index in [0.717, 1.165) is 11.4 Å². The molecule has 1 aliphatic heterocycles. The number of nitrogens with one attached hydrogen (secondary N) is 1. The van der Waals surface area contributed by atoms with Gasteiger partial charge in [0.05, 0.1) is 5.69 Å². The SMILES string of the molecule is CC.Cc1ccc2c(c1)NCO2. The fourth-order valence-electron chi connectivity index (χ4n) is 1.10. The molecule has 2 rings (SSSR count). The average molecular weight is 165 g/mol. The Labute approximate surface area is 73.6 Å². The second-order valence-electron chi connectivity index (χ2n) is 2.47. The quantitative estimate of drug-likeness (QED) is 0.638. The molecule has 66 valence electrons. The van der Waals surface area contributed by atoms with Gasteiger partial charge in [0.2, 0.25) is 0 Å². The van der Waals surface area contributed by atoms with Gasteiger partial charge in [0.15, 0.2) is 6.73 Å². The van der Waals surface area contributed by atoms with Gasteiger partial charge in [-0.25, -0.2) is 0 Å². The van der Waals surface area contributed by atoms with Crippen molar-refractivity contribution in [2.45, 2.75) is 20.8 Å². The number of ether oxygens (including phenoxy) is 1. The van der Waals surface area contributed by atoms with Gasteiger partial charge in [0, 0.05) is 0 Å². The molecule has 0 aliphatic carbocycles. The molecule has 1 aromatic carbocycles. The van der Waals surface area contributed by atoms with E-state index >= 15 is 0 Å². The van der Waals surface area contributed by atoms with Crippen LogP contribution in [0, 0.1) is 6.92 Å².